The Labute approximate surface area is 199 Å². The lowest BCUT2D eigenvalue weighted by molar-refractivity contribution is -0.143. The Balaban J connectivity index is 1.73. The van der Waals surface area contributed by atoms with Gasteiger partial charge in [-0.3, -0.25) is 4.79 Å². The van der Waals surface area contributed by atoms with Gasteiger partial charge in [0.05, 0.1) is 23.9 Å². The van der Waals surface area contributed by atoms with Gasteiger partial charge < -0.3 is 19.5 Å². The maximum atomic E-state index is 12.3. The summed E-state index contributed by atoms with van der Waals surface area (Å²) >= 11 is 0. The normalized spacial score (nSPS) is 17.9. The maximum Gasteiger partial charge on any atom is 0.409 e. The van der Waals surface area contributed by atoms with Gasteiger partial charge in [0.25, 0.3) is 0 Å². The quantitative estimate of drug-likeness (QED) is 0.551. The summed E-state index contributed by atoms with van der Waals surface area (Å²) in [5, 5.41) is 17.6. The summed E-state index contributed by atoms with van der Waals surface area (Å²) in [6.07, 6.45) is 6.30. The van der Waals surface area contributed by atoms with Crippen LogP contribution < -0.4 is 4.74 Å². The minimum absolute atomic E-state index is 0.00411. The Bertz CT molecular complexity index is 994. The number of carbonyl (C=O) groups is 2. The van der Waals surface area contributed by atoms with Gasteiger partial charge in [-0.2, -0.15) is 0 Å². The van der Waals surface area contributed by atoms with Gasteiger partial charge in [0, 0.05) is 20.6 Å². The third-order valence-corrected chi connectivity index (χ3v) is 6.08. The summed E-state index contributed by atoms with van der Waals surface area (Å²) in [6.45, 7) is 4.65. The topological polar surface area (TPSA) is 133 Å². The third-order valence-electron chi connectivity index (χ3n) is 6.08. The van der Waals surface area contributed by atoms with E-state index in [4.69, 9.17) is 9.47 Å². The van der Waals surface area contributed by atoms with Crippen LogP contribution in [-0.4, -0.2) is 66.7 Å². The summed E-state index contributed by atoms with van der Waals surface area (Å²) in [5.41, 5.74) is 1.73. The summed E-state index contributed by atoms with van der Waals surface area (Å²) in [4.78, 5) is 34.3. The molecule has 1 saturated carbocycles. The number of aliphatic carboxylic acids is 1. The molecule has 0 radical (unpaired) electrons. The average Bonchev–Trinajstić information content (AvgIpc) is 3.21. The molecule has 3 rings (SSSR count). The largest absolute Gasteiger partial charge is 0.487 e. The third kappa shape index (κ3) is 6.21. The lowest BCUT2D eigenvalue weighted by Gasteiger charge is -2.27. The zero-order valence-corrected chi connectivity index (χ0v) is 20.4. The lowest BCUT2D eigenvalue weighted by Crippen LogP contribution is -2.29. The number of aromatic nitrogens is 5. The summed E-state index contributed by atoms with van der Waals surface area (Å²) in [6, 6.07) is 0. The number of ether oxygens (including phenoxy) is 2. The molecule has 1 fully saturated rings. The van der Waals surface area contributed by atoms with Gasteiger partial charge in [-0.15, -0.1) is 5.10 Å². The summed E-state index contributed by atoms with van der Waals surface area (Å²) in [7, 11) is 3.43. The number of aryl methyl sites for hydroxylation is 2. The molecule has 11 heteroatoms. The number of rotatable bonds is 10. The molecule has 0 aromatic carbocycles. The molecule has 1 aliphatic rings. The Morgan fingerprint density at radius 2 is 2.09 bits per heavy atom. The monoisotopic (exact) mass is 474 g/mol. The van der Waals surface area contributed by atoms with Gasteiger partial charge in [0.1, 0.15) is 12.3 Å². The Hall–Kier alpha value is -3.24. The van der Waals surface area contributed by atoms with Crippen molar-refractivity contribution in [2.75, 3.05) is 13.6 Å². The van der Waals surface area contributed by atoms with Crippen molar-refractivity contribution < 1.29 is 24.2 Å². The van der Waals surface area contributed by atoms with Crippen molar-refractivity contribution in [3.63, 3.8) is 0 Å². The minimum atomic E-state index is -0.775. The molecule has 2 heterocycles. The van der Waals surface area contributed by atoms with E-state index >= 15 is 0 Å². The number of unbranched alkanes of at least 4 members (excludes halogenated alkanes) is 1. The second kappa shape index (κ2) is 11.8. The second-order valence-corrected chi connectivity index (χ2v) is 8.64. The predicted octanol–water partition coefficient (Wildman–Crippen LogP) is 3.23. The van der Waals surface area contributed by atoms with Gasteiger partial charge in [-0.1, -0.05) is 25.5 Å². The van der Waals surface area contributed by atoms with Crippen molar-refractivity contribution in [2.45, 2.75) is 71.5 Å². The molecular formula is C23H34N6O5. The first-order valence-electron chi connectivity index (χ1n) is 11.9. The highest BCUT2D eigenvalue weighted by Gasteiger charge is 2.29. The Morgan fingerprint density at radius 1 is 1.29 bits per heavy atom. The van der Waals surface area contributed by atoms with E-state index in [1.165, 1.54) is 0 Å². The summed E-state index contributed by atoms with van der Waals surface area (Å²) in [5.74, 6) is -0.232. The fraction of sp³-hybridized carbons (Fsp3) is 0.652. The number of carboxylic acid groups (broad SMARTS) is 1. The molecule has 0 saturated heterocycles. The van der Waals surface area contributed by atoms with Gasteiger partial charge in [0.15, 0.2) is 17.3 Å². The van der Waals surface area contributed by atoms with Crippen LogP contribution in [-0.2, 0) is 29.6 Å². The van der Waals surface area contributed by atoms with Crippen molar-refractivity contribution in [2.24, 2.45) is 13.0 Å². The van der Waals surface area contributed by atoms with Crippen molar-refractivity contribution in [1.29, 1.82) is 0 Å². The number of amides is 1. The highest BCUT2D eigenvalue weighted by molar-refractivity contribution is 5.70. The lowest BCUT2D eigenvalue weighted by atomic mass is 9.87. The molecular weight excluding hydrogens is 440 g/mol. The van der Waals surface area contributed by atoms with Gasteiger partial charge in [-0.25, -0.2) is 19.4 Å². The molecule has 1 N–H and O–H groups in total. The molecule has 0 unspecified atom stereocenters. The predicted molar refractivity (Wildman–Crippen MR) is 123 cm³/mol. The molecule has 1 amide bonds. The van der Waals surface area contributed by atoms with Crippen LogP contribution >= 0.6 is 0 Å². The van der Waals surface area contributed by atoms with E-state index in [9.17, 15) is 14.7 Å². The molecule has 0 spiro atoms. The van der Waals surface area contributed by atoms with E-state index < -0.39 is 12.1 Å². The molecule has 1 aliphatic carbocycles. The highest BCUT2D eigenvalue weighted by Crippen LogP contribution is 2.30. The van der Waals surface area contributed by atoms with Crippen LogP contribution in [0.1, 0.15) is 63.8 Å². The molecule has 2 aromatic heterocycles. The number of nitrogens with zero attached hydrogens (tertiary/aromatic N) is 6. The fourth-order valence-electron chi connectivity index (χ4n) is 3.97. The van der Waals surface area contributed by atoms with E-state index in [1.54, 1.807) is 29.9 Å². The zero-order valence-electron chi connectivity index (χ0n) is 20.4. The van der Waals surface area contributed by atoms with E-state index in [-0.39, 0.29) is 18.6 Å². The van der Waals surface area contributed by atoms with Crippen LogP contribution in [0, 0.1) is 5.92 Å². The van der Waals surface area contributed by atoms with Crippen LogP contribution in [0.25, 0.3) is 11.5 Å². The Morgan fingerprint density at radius 3 is 2.79 bits per heavy atom. The van der Waals surface area contributed by atoms with Crippen LogP contribution in [0.2, 0.25) is 0 Å². The first-order valence-corrected chi connectivity index (χ1v) is 11.9. The second-order valence-electron chi connectivity index (χ2n) is 8.64. The smallest absolute Gasteiger partial charge is 0.409 e. The molecule has 0 aliphatic heterocycles. The SMILES string of the molecule is CCCCN(C)C(=O)OCc1c(-c2ncc(O[C@H]3CCC[C@H](C(=O)O)C3)c(CC)n2)nnn1C. The first kappa shape index (κ1) is 25.4. The zero-order chi connectivity index (χ0) is 24.7. The number of carbonyl (C=O) groups excluding carboxylic acids is 1. The Kier molecular flexibility index (Phi) is 8.78. The number of carboxylic acids is 1. The molecule has 2 atom stereocenters. The van der Waals surface area contributed by atoms with E-state index in [2.05, 4.69) is 27.2 Å². The van der Waals surface area contributed by atoms with Crippen molar-refractivity contribution in [1.82, 2.24) is 29.9 Å². The van der Waals surface area contributed by atoms with Crippen molar-refractivity contribution in [3.8, 4) is 17.3 Å². The van der Waals surface area contributed by atoms with Gasteiger partial charge in [-0.05, 0) is 38.5 Å². The highest BCUT2D eigenvalue weighted by atomic mass is 16.6. The van der Waals surface area contributed by atoms with E-state index in [1.807, 2.05) is 6.92 Å². The standard InChI is InChI=1S/C23H34N6O5/c1-5-7-11-28(3)23(32)33-14-18-20(26-27-29(18)4)21-24-13-19(17(6-2)25-21)34-16-10-8-9-15(12-16)22(30)31/h13,15-16H,5-12,14H2,1-4H3,(H,30,31)/t15-,16-/m0/s1. The van der Waals surface area contributed by atoms with Crippen LogP contribution in [0.5, 0.6) is 5.75 Å². The number of hydrogen-bond donors (Lipinski definition) is 1. The van der Waals surface area contributed by atoms with E-state index in [0.29, 0.717) is 54.5 Å². The van der Waals surface area contributed by atoms with Crippen LogP contribution in [0.3, 0.4) is 0 Å². The minimum Gasteiger partial charge on any atom is -0.487 e. The van der Waals surface area contributed by atoms with Crippen molar-refractivity contribution in [3.05, 3.63) is 17.6 Å². The molecule has 11 nitrogen and oxygen atoms in total. The van der Waals surface area contributed by atoms with Gasteiger partial charge in [0.2, 0.25) is 0 Å². The first-order chi connectivity index (χ1) is 16.3. The van der Waals surface area contributed by atoms with Gasteiger partial charge >= 0.3 is 12.1 Å². The average molecular weight is 475 g/mol. The van der Waals surface area contributed by atoms with Crippen molar-refractivity contribution >= 4 is 12.1 Å². The van der Waals surface area contributed by atoms with Crippen LogP contribution in [0.15, 0.2) is 6.20 Å². The fourth-order valence-corrected chi connectivity index (χ4v) is 3.97. The molecule has 34 heavy (non-hydrogen) atoms. The molecule has 0 bridgehead atoms. The maximum absolute atomic E-state index is 12.3. The number of hydrogen-bond acceptors (Lipinski definition) is 8. The molecule has 186 valence electrons. The molecule has 2 aromatic rings. The summed E-state index contributed by atoms with van der Waals surface area (Å²) < 4.78 is 13.1. The van der Waals surface area contributed by atoms with Crippen LogP contribution in [0.4, 0.5) is 4.79 Å². The van der Waals surface area contributed by atoms with E-state index in [0.717, 1.165) is 25.7 Å².